The normalized spacial score (nSPS) is 14.2. The topological polar surface area (TPSA) is 75.6 Å². The van der Waals surface area contributed by atoms with Crippen molar-refractivity contribution in [3.05, 3.63) is 65.2 Å². The number of carbonyl (C=O) groups excluding carboxylic acids is 1. The largest absolute Gasteiger partial charge is 0.490 e. The molecule has 5 nitrogen and oxygen atoms in total. The second-order valence-corrected chi connectivity index (χ2v) is 6.59. The third-order valence-electron chi connectivity index (χ3n) is 4.61. The second kappa shape index (κ2) is 8.52. The SMILES string of the molecule is O=C(Cc1ccc(C(=O)O)cc1)NCc1ccccc1OC1CCCC1. The minimum atomic E-state index is -0.972. The van der Waals surface area contributed by atoms with Crippen LogP contribution in [0.15, 0.2) is 48.5 Å². The van der Waals surface area contributed by atoms with Crippen LogP contribution in [-0.4, -0.2) is 23.1 Å². The number of para-hydroxylation sites is 1. The molecule has 1 amide bonds. The molecular formula is C21H23NO4. The van der Waals surface area contributed by atoms with Crippen molar-refractivity contribution in [1.82, 2.24) is 5.32 Å². The van der Waals surface area contributed by atoms with Gasteiger partial charge in [-0.3, -0.25) is 4.79 Å². The van der Waals surface area contributed by atoms with Gasteiger partial charge in [-0.25, -0.2) is 4.79 Å². The number of amides is 1. The Morgan fingerprint density at radius 2 is 1.73 bits per heavy atom. The van der Waals surface area contributed by atoms with Gasteiger partial charge in [0.15, 0.2) is 0 Å². The summed E-state index contributed by atoms with van der Waals surface area (Å²) >= 11 is 0. The molecule has 0 aromatic heterocycles. The number of benzene rings is 2. The predicted molar refractivity (Wildman–Crippen MR) is 98.3 cm³/mol. The second-order valence-electron chi connectivity index (χ2n) is 6.59. The van der Waals surface area contributed by atoms with E-state index in [2.05, 4.69) is 5.32 Å². The fourth-order valence-electron chi connectivity index (χ4n) is 3.16. The zero-order valence-electron chi connectivity index (χ0n) is 14.6. The first-order valence-corrected chi connectivity index (χ1v) is 8.95. The summed E-state index contributed by atoms with van der Waals surface area (Å²) in [6.45, 7) is 0.412. The maximum atomic E-state index is 12.2. The van der Waals surface area contributed by atoms with Crippen LogP contribution in [0.3, 0.4) is 0 Å². The van der Waals surface area contributed by atoms with Crippen molar-refractivity contribution in [1.29, 1.82) is 0 Å². The molecule has 26 heavy (non-hydrogen) atoms. The summed E-state index contributed by atoms with van der Waals surface area (Å²) in [5.74, 6) is -0.242. The molecule has 1 aliphatic rings. The summed E-state index contributed by atoms with van der Waals surface area (Å²) < 4.78 is 6.09. The Kier molecular flexibility index (Phi) is 5.89. The lowest BCUT2D eigenvalue weighted by Crippen LogP contribution is -2.25. The summed E-state index contributed by atoms with van der Waals surface area (Å²) in [4.78, 5) is 23.1. The van der Waals surface area contributed by atoms with Gasteiger partial charge in [0, 0.05) is 12.1 Å². The summed E-state index contributed by atoms with van der Waals surface area (Å²) in [6.07, 6.45) is 5.10. The molecule has 0 radical (unpaired) electrons. The predicted octanol–water partition coefficient (Wildman–Crippen LogP) is 3.57. The fraction of sp³-hybridized carbons (Fsp3) is 0.333. The van der Waals surface area contributed by atoms with E-state index in [0.717, 1.165) is 29.7 Å². The van der Waals surface area contributed by atoms with Crippen molar-refractivity contribution < 1.29 is 19.4 Å². The maximum Gasteiger partial charge on any atom is 0.335 e. The van der Waals surface area contributed by atoms with Crippen molar-refractivity contribution in [3.8, 4) is 5.75 Å². The first-order chi connectivity index (χ1) is 12.6. The monoisotopic (exact) mass is 353 g/mol. The smallest absolute Gasteiger partial charge is 0.335 e. The average molecular weight is 353 g/mol. The van der Waals surface area contributed by atoms with Crippen LogP contribution in [0.4, 0.5) is 0 Å². The summed E-state index contributed by atoms with van der Waals surface area (Å²) in [7, 11) is 0. The first kappa shape index (κ1) is 18.0. The molecule has 5 heteroatoms. The van der Waals surface area contributed by atoms with Crippen LogP contribution in [0.5, 0.6) is 5.75 Å². The van der Waals surface area contributed by atoms with Crippen molar-refractivity contribution in [2.24, 2.45) is 0 Å². The molecular weight excluding hydrogens is 330 g/mol. The third-order valence-corrected chi connectivity index (χ3v) is 4.61. The molecule has 1 fully saturated rings. The van der Waals surface area contributed by atoms with Crippen LogP contribution in [0.2, 0.25) is 0 Å². The Balaban J connectivity index is 1.55. The van der Waals surface area contributed by atoms with Gasteiger partial charge < -0.3 is 15.2 Å². The number of carbonyl (C=O) groups is 2. The number of carboxylic acid groups (broad SMARTS) is 1. The molecule has 3 rings (SSSR count). The zero-order valence-corrected chi connectivity index (χ0v) is 14.6. The summed E-state index contributed by atoms with van der Waals surface area (Å²) in [5.41, 5.74) is 1.96. The van der Waals surface area contributed by atoms with Gasteiger partial charge in [-0.15, -0.1) is 0 Å². The molecule has 2 N–H and O–H groups in total. The van der Waals surface area contributed by atoms with E-state index in [1.807, 2.05) is 24.3 Å². The Morgan fingerprint density at radius 1 is 1.04 bits per heavy atom. The third kappa shape index (κ3) is 4.85. The van der Waals surface area contributed by atoms with Gasteiger partial charge in [0.2, 0.25) is 5.91 Å². The molecule has 2 aromatic carbocycles. The highest BCUT2D eigenvalue weighted by molar-refractivity contribution is 5.87. The van der Waals surface area contributed by atoms with E-state index in [-0.39, 0.29) is 24.0 Å². The van der Waals surface area contributed by atoms with E-state index in [4.69, 9.17) is 9.84 Å². The average Bonchev–Trinajstić information content (AvgIpc) is 3.14. The van der Waals surface area contributed by atoms with Gasteiger partial charge in [0.05, 0.1) is 18.1 Å². The maximum absolute atomic E-state index is 12.2. The molecule has 1 aliphatic carbocycles. The minimum Gasteiger partial charge on any atom is -0.490 e. The summed E-state index contributed by atoms with van der Waals surface area (Å²) in [6, 6.07) is 14.1. The number of aromatic carboxylic acids is 1. The zero-order chi connectivity index (χ0) is 18.4. The van der Waals surface area contributed by atoms with Crippen LogP contribution in [0.25, 0.3) is 0 Å². The molecule has 0 aliphatic heterocycles. The van der Waals surface area contributed by atoms with Gasteiger partial charge in [0.1, 0.15) is 5.75 Å². The quantitative estimate of drug-likeness (QED) is 0.798. The van der Waals surface area contributed by atoms with Gasteiger partial charge in [-0.05, 0) is 49.4 Å². The molecule has 0 spiro atoms. The fourth-order valence-corrected chi connectivity index (χ4v) is 3.16. The lowest BCUT2D eigenvalue weighted by Gasteiger charge is -2.16. The van der Waals surface area contributed by atoms with Gasteiger partial charge >= 0.3 is 5.97 Å². The molecule has 2 aromatic rings. The molecule has 136 valence electrons. The number of nitrogens with one attached hydrogen (secondary N) is 1. The lowest BCUT2D eigenvalue weighted by molar-refractivity contribution is -0.120. The van der Waals surface area contributed by atoms with E-state index in [1.165, 1.54) is 25.0 Å². The van der Waals surface area contributed by atoms with E-state index in [0.29, 0.717) is 6.54 Å². The highest BCUT2D eigenvalue weighted by Gasteiger charge is 2.18. The van der Waals surface area contributed by atoms with Crippen molar-refractivity contribution in [3.63, 3.8) is 0 Å². The standard InChI is InChI=1S/C21H23NO4/c23-20(13-15-9-11-16(12-10-15)21(24)25)22-14-17-5-1-4-8-19(17)26-18-6-2-3-7-18/h1,4-5,8-12,18H,2-3,6-7,13-14H2,(H,22,23)(H,24,25). The number of hydrogen-bond acceptors (Lipinski definition) is 3. The molecule has 0 bridgehead atoms. The van der Waals surface area contributed by atoms with E-state index in [1.54, 1.807) is 12.1 Å². The molecule has 1 saturated carbocycles. The van der Waals surface area contributed by atoms with E-state index in [9.17, 15) is 9.59 Å². The Labute approximate surface area is 153 Å². The minimum absolute atomic E-state index is 0.108. The number of hydrogen-bond donors (Lipinski definition) is 2. The van der Waals surface area contributed by atoms with Crippen LogP contribution in [-0.2, 0) is 17.8 Å². The van der Waals surface area contributed by atoms with Crippen molar-refractivity contribution in [2.75, 3.05) is 0 Å². The number of rotatable bonds is 7. The van der Waals surface area contributed by atoms with Crippen LogP contribution in [0.1, 0.15) is 47.2 Å². The Bertz CT molecular complexity index is 764. The molecule has 0 atom stereocenters. The van der Waals surface area contributed by atoms with Crippen LogP contribution >= 0.6 is 0 Å². The molecule has 0 heterocycles. The Hall–Kier alpha value is -2.82. The summed E-state index contributed by atoms with van der Waals surface area (Å²) in [5, 5.41) is 11.8. The van der Waals surface area contributed by atoms with Crippen LogP contribution in [0, 0.1) is 0 Å². The van der Waals surface area contributed by atoms with Gasteiger partial charge in [0.25, 0.3) is 0 Å². The number of ether oxygens (including phenoxy) is 1. The number of carboxylic acids is 1. The van der Waals surface area contributed by atoms with Crippen molar-refractivity contribution >= 4 is 11.9 Å². The van der Waals surface area contributed by atoms with Crippen LogP contribution < -0.4 is 10.1 Å². The lowest BCUT2D eigenvalue weighted by atomic mass is 10.1. The highest BCUT2D eigenvalue weighted by Crippen LogP contribution is 2.26. The molecule has 0 unspecified atom stereocenters. The van der Waals surface area contributed by atoms with Gasteiger partial charge in [-0.1, -0.05) is 30.3 Å². The molecule has 0 saturated heterocycles. The van der Waals surface area contributed by atoms with Gasteiger partial charge in [-0.2, -0.15) is 0 Å². The Morgan fingerprint density at radius 3 is 2.42 bits per heavy atom. The van der Waals surface area contributed by atoms with E-state index >= 15 is 0 Å². The van der Waals surface area contributed by atoms with Crippen molar-refractivity contribution in [2.45, 2.75) is 44.8 Å². The van der Waals surface area contributed by atoms with E-state index < -0.39 is 5.97 Å². The highest BCUT2D eigenvalue weighted by atomic mass is 16.5. The first-order valence-electron chi connectivity index (χ1n) is 8.95.